The number of ether oxygens (including phenoxy) is 1. The molecule has 0 bridgehead atoms. The summed E-state index contributed by atoms with van der Waals surface area (Å²) in [5.74, 6) is 0.604. The standard InChI is InChI=1S/C29H30N4O3S/c1-5-30-25-16-11-22(20(2)34)17-26(25)31-29-33(18-21-9-7-6-8-10-21)28(35)27(37-29)19-32(3)23-12-14-24(36-4)15-13-23/h6-17,19,30H,5,18H2,1-4H3/b27-19-,31-29-. The smallest absolute Gasteiger partial charge is 0.268 e. The maximum absolute atomic E-state index is 13.6. The molecule has 190 valence electrons. The van der Waals surface area contributed by atoms with Gasteiger partial charge in [0.15, 0.2) is 11.0 Å². The molecule has 0 aliphatic carbocycles. The molecule has 37 heavy (non-hydrogen) atoms. The van der Waals surface area contributed by atoms with Gasteiger partial charge in [0.1, 0.15) is 5.75 Å². The number of hydrogen-bond acceptors (Lipinski definition) is 7. The van der Waals surface area contributed by atoms with Crippen LogP contribution in [0.3, 0.4) is 0 Å². The van der Waals surface area contributed by atoms with Gasteiger partial charge in [0, 0.05) is 31.0 Å². The van der Waals surface area contributed by atoms with Crippen LogP contribution in [0.5, 0.6) is 5.75 Å². The first kappa shape index (κ1) is 26.0. The van der Waals surface area contributed by atoms with Crippen LogP contribution in [0, 0.1) is 0 Å². The molecular weight excluding hydrogens is 484 g/mol. The first-order valence-corrected chi connectivity index (χ1v) is 12.8. The number of ketones is 1. The summed E-state index contributed by atoms with van der Waals surface area (Å²) in [6.07, 6.45) is 1.83. The summed E-state index contributed by atoms with van der Waals surface area (Å²) in [7, 11) is 3.53. The van der Waals surface area contributed by atoms with Crippen LogP contribution < -0.4 is 15.0 Å². The molecule has 7 nitrogen and oxygen atoms in total. The lowest BCUT2D eigenvalue weighted by atomic mass is 10.1. The molecule has 0 saturated carbocycles. The fourth-order valence-corrected chi connectivity index (χ4v) is 4.85. The monoisotopic (exact) mass is 514 g/mol. The van der Waals surface area contributed by atoms with Crippen LogP contribution in [0.15, 0.2) is 88.9 Å². The molecule has 0 aromatic heterocycles. The number of methoxy groups -OCH3 is 1. The summed E-state index contributed by atoms with van der Waals surface area (Å²) >= 11 is 1.32. The average molecular weight is 515 g/mol. The Kier molecular flexibility index (Phi) is 8.30. The van der Waals surface area contributed by atoms with Gasteiger partial charge in [-0.05, 0) is 73.6 Å². The minimum Gasteiger partial charge on any atom is -0.497 e. The van der Waals surface area contributed by atoms with Gasteiger partial charge in [-0.15, -0.1) is 0 Å². The number of hydrogen-bond donors (Lipinski definition) is 1. The predicted molar refractivity (Wildman–Crippen MR) is 152 cm³/mol. The highest BCUT2D eigenvalue weighted by Gasteiger charge is 2.34. The highest BCUT2D eigenvalue weighted by molar-refractivity contribution is 8.18. The summed E-state index contributed by atoms with van der Waals surface area (Å²) in [6, 6.07) is 22.9. The molecule has 1 amide bonds. The van der Waals surface area contributed by atoms with Gasteiger partial charge in [0.05, 0.1) is 29.9 Å². The minimum atomic E-state index is -0.124. The molecule has 0 atom stereocenters. The van der Waals surface area contributed by atoms with Gasteiger partial charge in [-0.2, -0.15) is 0 Å². The third-order valence-corrected chi connectivity index (χ3v) is 6.84. The third-order valence-electron chi connectivity index (χ3n) is 5.85. The van der Waals surface area contributed by atoms with Crippen molar-refractivity contribution >= 4 is 45.7 Å². The second-order valence-corrected chi connectivity index (χ2v) is 9.50. The van der Waals surface area contributed by atoms with Crippen molar-refractivity contribution in [3.8, 4) is 5.75 Å². The van der Waals surface area contributed by atoms with Crippen molar-refractivity contribution in [2.45, 2.75) is 20.4 Å². The van der Waals surface area contributed by atoms with Gasteiger partial charge in [-0.3, -0.25) is 14.5 Å². The second-order valence-electron chi connectivity index (χ2n) is 8.49. The summed E-state index contributed by atoms with van der Waals surface area (Å²) in [5.41, 5.74) is 3.91. The Morgan fingerprint density at radius 1 is 1.11 bits per heavy atom. The molecule has 0 unspecified atom stereocenters. The van der Waals surface area contributed by atoms with Crippen molar-refractivity contribution < 1.29 is 14.3 Å². The lowest BCUT2D eigenvalue weighted by Crippen LogP contribution is -2.28. The number of rotatable bonds is 9. The Labute approximate surface area is 221 Å². The number of benzene rings is 3. The number of Topliss-reactive ketones (excluding diaryl/α,β-unsaturated/α-hetero) is 1. The van der Waals surface area contributed by atoms with Crippen molar-refractivity contribution in [2.24, 2.45) is 4.99 Å². The van der Waals surface area contributed by atoms with Crippen LogP contribution in [0.1, 0.15) is 29.8 Å². The van der Waals surface area contributed by atoms with E-state index in [0.29, 0.717) is 34.4 Å². The number of nitrogens with zero attached hydrogens (tertiary/aromatic N) is 3. The molecule has 3 aromatic carbocycles. The van der Waals surface area contributed by atoms with Gasteiger partial charge in [0.25, 0.3) is 5.91 Å². The Balaban J connectivity index is 1.73. The first-order valence-electron chi connectivity index (χ1n) is 12.0. The quantitative estimate of drug-likeness (QED) is 0.276. The number of nitrogens with one attached hydrogen (secondary N) is 1. The predicted octanol–water partition coefficient (Wildman–Crippen LogP) is 6.07. The molecule has 1 heterocycles. The summed E-state index contributed by atoms with van der Waals surface area (Å²) in [4.78, 5) is 34.7. The molecule has 1 aliphatic heterocycles. The normalized spacial score (nSPS) is 15.4. The summed E-state index contributed by atoms with van der Waals surface area (Å²) < 4.78 is 5.25. The summed E-state index contributed by atoms with van der Waals surface area (Å²) in [5, 5.41) is 3.86. The van der Waals surface area contributed by atoms with Crippen molar-refractivity contribution in [2.75, 3.05) is 30.9 Å². The van der Waals surface area contributed by atoms with Gasteiger partial charge < -0.3 is 15.0 Å². The Hall–Kier alpha value is -4.04. The van der Waals surface area contributed by atoms with E-state index in [0.717, 1.165) is 22.7 Å². The lowest BCUT2D eigenvalue weighted by molar-refractivity contribution is -0.122. The van der Waals surface area contributed by atoms with E-state index < -0.39 is 0 Å². The largest absolute Gasteiger partial charge is 0.497 e. The SMILES string of the molecule is CCNc1ccc(C(C)=O)cc1/N=C1\S/C(=C\N(C)c2ccc(OC)cc2)C(=O)N1Cc1ccccc1. The van der Waals surface area contributed by atoms with Crippen LogP contribution in [0.2, 0.25) is 0 Å². The van der Waals surface area contributed by atoms with Crippen LogP contribution in [-0.2, 0) is 11.3 Å². The van der Waals surface area contributed by atoms with Gasteiger partial charge in [-0.1, -0.05) is 30.3 Å². The van der Waals surface area contributed by atoms with Crippen LogP contribution in [-0.4, -0.2) is 42.5 Å². The van der Waals surface area contributed by atoms with E-state index in [1.54, 1.807) is 24.1 Å². The Morgan fingerprint density at radius 3 is 2.49 bits per heavy atom. The molecule has 8 heteroatoms. The van der Waals surface area contributed by atoms with E-state index >= 15 is 0 Å². The Morgan fingerprint density at radius 2 is 1.84 bits per heavy atom. The molecule has 0 radical (unpaired) electrons. The average Bonchev–Trinajstić information content (AvgIpc) is 3.19. The molecule has 1 N–H and O–H groups in total. The maximum Gasteiger partial charge on any atom is 0.268 e. The minimum absolute atomic E-state index is 0.0394. The van der Waals surface area contributed by atoms with E-state index in [9.17, 15) is 9.59 Å². The fourth-order valence-electron chi connectivity index (χ4n) is 3.84. The van der Waals surface area contributed by atoms with E-state index in [1.807, 2.05) is 85.7 Å². The van der Waals surface area contributed by atoms with Crippen molar-refractivity contribution in [1.29, 1.82) is 0 Å². The topological polar surface area (TPSA) is 74.2 Å². The van der Waals surface area contributed by atoms with E-state index in [2.05, 4.69) is 5.32 Å². The number of amidine groups is 1. The zero-order valence-corrected chi connectivity index (χ0v) is 22.2. The third kappa shape index (κ3) is 6.21. The molecule has 4 rings (SSSR count). The first-order chi connectivity index (χ1) is 17.9. The maximum atomic E-state index is 13.6. The highest BCUT2D eigenvalue weighted by atomic mass is 32.2. The van der Waals surface area contributed by atoms with E-state index in [-0.39, 0.29) is 11.7 Å². The molecular formula is C29H30N4O3S. The molecule has 0 spiro atoms. The molecule has 3 aromatic rings. The molecule has 1 saturated heterocycles. The van der Waals surface area contributed by atoms with Crippen molar-refractivity contribution in [3.63, 3.8) is 0 Å². The number of carbonyl (C=O) groups excluding carboxylic acids is 2. The van der Waals surface area contributed by atoms with Crippen molar-refractivity contribution in [1.82, 2.24) is 4.90 Å². The number of aliphatic imine (C=N–C) groups is 1. The number of carbonyl (C=O) groups is 2. The van der Waals surface area contributed by atoms with Crippen molar-refractivity contribution in [3.05, 3.63) is 95.0 Å². The molecule has 1 fully saturated rings. The van der Waals surface area contributed by atoms with E-state index in [1.165, 1.54) is 18.7 Å². The highest BCUT2D eigenvalue weighted by Crippen LogP contribution is 2.37. The zero-order chi connectivity index (χ0) is 26.4. The van der Waals surface area contributed by atoms with E-state index in [4.69, 9.17) is 9.73 Å². The van der Waals surface area contributed by atoms with Gasteiger partial charge in [-0.25, -0.2) is 4.99 Å². The van der Waals surface area contributed by atoms with Crippen LogP contribution >= 0.6 is 11.8 Å². The van der Waals surface area contributed by atoms with Crippen LogP contribution in [0.25, 0.3) is 0 Å². The number of amides is 1. The van der Waals surface area contributed by atoms with Crippen LogP contribution in [0.4, 0.5) is 17.1 Å². The number of thioether (sulfide) groups is 1. The molecule has 1 aliphatic rings. The van der Waals surface area contributed by atoms with Gasteiger partial charge >= 0.3 is 0 Å². The van der Waals surface area contributed by atoms with Gasteiger partial charge in [0.2, 0.25) is 0 Å². The second kappa shape index (κ2) is 11.8. The lowest BCUT2D eigenvalue weighted by Gasteiger charge is -2.17. The fraction of sp³-hybridized carbons (Fsp3) is 0.207. The summed E-state index contributed by atoms with van der Waals surface area (Å²) in [6.45, 7) is 4.62. The Bertz CT molecular complexity index is 1340. The zero-order valence-electron chi connectivity index (χ0n) is 21.4. The number of anilines is 2.